The predicted molar refractivity (Wildman–Crippen MR) is 101 cm³/mol. The molecule has 0 saturated carbocycles. The number of carbonyl (C=O) groups excluding carboxylic acids is 1. The molecule has 128 valence electrons. The molecule has 3 heterocycles. The number of halogens is 1. The lowest BCUT2D eigenvalue weighted by molar-refractivity contribution is 0.0946. The maximum Gasteiger partial charge on any atom is 0.271 e. The van der Waals surface area contributed by atoms with E-state index in [0.29, 0.717) is 22.9 Å². The highest BCUT2D eigenvalue weighted by molar-refractivity contribution is 6.33. The largest absolute Gasteiger partial charge is 0.345 e. The van der Waals surface area contributed by atoms with Gasteiger partial charge >= 0.3 is 0 Å². The van der Waals surface area contributed by atoms with Crippen molar-refractivity contribution in [3.8, 4) is 11.1 Å². The number of benzene rings is 1. The van der Waals surface area contributed by atoms with Gasteiger partial charge in [-0.25, -0.2) is 4.98 Å². The van der Waals surface area contributed by atoms with Crippen LogP contribution in [0.25, 0.3) is 16.8 Å². The number of fused-ring (bicyclic) bond motifs is 1. The first-order valence-corrected chi connectivity index (χ1v) is 8.50. The fourth-order valence-electron chi connectivity index (χ4n) is 2.72. The molecule has 0 saturated heterocycles. The Labute approximate surface area is 155 Å². The molecule has 0 unspecified atom stereocenters. The van der Waals surface area contributed by atoms with E-state index in [-0.39, 0.29) is 5.91 Å². The maximum atomic E-state index is 12.4. The van der Waals surface area contributed by atoms with Crippen LogP contribution in [0.1, 0.15) is 16.2 Å². The molecular weight excluding hydrogens is 348 g/mol. The zero-order valence-corrected chi connectivity index (χ0v) is 14.5. The number of rotatable bonds is 4. The van der Waals surface area contributed by atoms with Crippen molar-refractivity contribution in [2.24, 2.45) is 0 Å². The number of hydrogen-bond acceptors (Lipinski definition) is 3. The molecule has 0 bridgehead atoms. The van der Waals surface area contributed by atoms with E-state index < -0.39 is 0 Å². The smallest absolute Gasteiger partial charge is 0.271 e. The van der Waals surface area contributed by atoms with E-state index in [0.717, 1.165) is 16.8 Å². The third-order valence-electron chi connectivity index (χ3n) is 4.02. The number of imidazole rings is 1. The minimum absolute atomic E-state index is 0.237. The van der Waals surface area contributed by atoms with Crippen LogP contribution < -0.4 is 5.32 Å². The number of nitrogens with zero attached hydrogens (tertiary/aromatic N) is 3. The molecule has 0 aliphatic heterocycles. The SMILES string of the molecule is O=C(NCc1ccccn1)c1cn2cc(-c3ccccc3Cl)ccc2n1. The van der Waals surface area contributed by atoms with Crippen molar-refractivity contribution in [2.75, 3.05) is 0 Å². The topological polar surface area (TPSA) is 59.3 Å². The van der Waals surface area contributed by atoms with Crippen LogP contribution in [-0.4, -0.2) is 20.3 Å². The number of aromatic nitrogens is 3. The Morgan fingerprint density at radius 1 is 1.04 bits per heavy atom. The summed E-state index contributed by atoms with van der Waals surface area (Å²) in [6.45, 7) is 0.360. The van der Waals surface area contributed by atoms with Crippen molar-refractivity contribution in [2.45, 2.75) is 6.54 Å². The zero-order chi connectivity index (χ0) is 17.9. The molecule has 0 aliphatic carbocycles. The Morgan fingerprint density at radius 2 is 1.88 bits per heavy atom. The number of nitrogens with one attached hydrogen (secondary N) is 1. The molecular formula is C20H15ClN4O. The third-order valence-corrected chi connectivity index (χ3v) is 4.35. The number of hydrogen-bond donors (Lipinski definition) is 1. The Hall–Kier alpha value is -3.18. The van der Waals surface area contributed by atoms with Crippen LogP contribution in [0.4, 0.5) is 0 Å². The van der Waals surface area contributed by atoms with E-state index in [9.17, 15) is 4.79 Å². The van der Waals surface area contributed by atoms with E-state index in [1.165, 1.54) is 0 Å². The lowest BCUT2D eigenvalue weighted by Crippen LogP contribution is -2.23. The van der Waals surface area contributed by atoms with E-state index >= 15 is 0 Å². The summed E-state index contributed by atoms with van der Waals surface area (Å²) in [7, 11) is 0. The summed E-state index contributed by atoms with van der Waals surface area (Å²) in [5.41, 5.74) is 3.75. The minimum atomic E-state index is -0.237. The van der Waals surface area contributed by atoms with Crippen molar-refractivity contribution < 1.29 is 4.79 Å². The quantitative estimate of drug-likeness (QED) is 0.597. The average Bonchev–Trinajstić information content (AvgIpc) is 3.11. The summed E-state index contributed by atoms with van der Waals surface area (Å²) in [4.78, 5) is 20.9. The van der Waals surface area contributed by atoms with Crippen LogP contribution in [0.15, 0.2) is 73.2 Å². The monoisotopic (exact) mass is 362 g/mol. The Kier molecular flexibility index (Phi) is 4.37. The van der Waals surface area contributed by atoms with Crippen LogP contribution >= 0.6 is 11.6 Å². The lowest BCUT2D eigenvalue weighted by atomic mass is 10.1. The molecule has 6 heteroatoms. The van der Waals surface area contributed by atoms with Gasteiger partial charge < -0.3 is 9.72 Å². The summed E-state index contributed by atoms with van der Waals surface area (Å²) in [5.74, 6) is -0.237. The lowest BCUT2D eigenvalue weighted by Gasteiger charge is -2.04. The summed E-state index contributed by atoms with van der Waals surface area (Å²) in [6.07, 6.45) is 5.32. The summed E-state index contributed by atoms with van der Waals surface area (Å²) in [6, 6.07) is 17.0. The second-order valence-electron chi connectivity index (χ2n) is 5.79. The van der Waals surface area contributed by atoms with Crippen molar-refractivity contribution in [1.29, 1.82) is 0 Å². The standard InChI is InChI=1S/C20H15ClN4O/c21-17-7-2-1-6-16(17)14-8-9-19-24-18(13-25(19)12-14)20(26)23-11-15-5-3-4-10-22-15/h1-10,12-13H,11H2,(H,23,26). The first-order valence-electron chi connectivity index (χ1n) is 8.12. The number of amides is 1. The highest BCUT2D eigenvalue weighted by atomic mass is 35.5. The number of carbonyl (C=O) groups is 1. The van der Waals surface area contributed by atoms with Gasteiger partial charge in [0.2, 0.25) is 0 Å². The molecule has 1 N–H and O–H groups in total. The molecule has 1 aromatic carbocycles. The Bertz CT molecular complexity index is 1080. The van der Waals surface area contributed by atoms with Gasteiger partial charge in [0.15, 0.2) is 0 Å². The molecule has 4 aromatic rings. The molecule has 3 aromatic heterocycles. The molecule has 1 amide bonds. The molecule has 5 nitrogen and oxygen atoms in total. The highest BCUT2D eigenvalue weighted by Crippen LogP contribution is 2.27. The second-order valence-corrected chi connectivity index (χ2v) is 6.20. The number of pyridine rings is 2. The average molecular weight is 363 g/mol. The second kappa shape index (κ2) is 6.98. The van der Waals surface area contributed by atoms with Gasteiger partial charge in [0.1, 0.15) is 11.3 Å². The van der Waals surface area contributed by atoms with Crippen molar-refractivity contribution in [3.05, 3.63) is 89.6 Å². The van der Waals surface area contributed by atoms with Crippen LogP contribution in [0, 0.1) is 0 Å². The fourth-order valence-corrected chi connectivity index (χ4v) is 2.96. The van der Waals surface area contributed by atoms with Gasteiger partial charge in [-0.2, -0.15) is 0 Å². The molecule has 26 heavy (non-hydrogen) atoms. The van der Waals surface area contributed by atoms with Crippen molar-refractivity contribution >= 4 is 23.2 Å². The molecule has 0 fully saturated rings. The van der Waals surface area contributed by atoms with Crippen molar-refractivity contribution in [1.82, 2.24) is 19.7 Å². The Morgan fingerprint density at radius 3 is 2.69 bits per heavy atom. The summed E-state index contributed by atoms with van der Waals surface area (Å²) in [5, 5.41) is 3.51. The van der Waals surface area contributed by atoms with Gasteiger partial charge in [-0.3, -0.25) is 9.78 Å². The third kappa shape index (κ3) is 3.30. The minimum Gasteiger partial charge on any atom is -0.345 e. The molecule has 0 radical (unpaired) electrons. The molecule has 0 spiro atoms. The van der Waals surface area contributed by atoms with Gasteiger partial charge in [0, 0.05) is 29.2 Å². The first-order chi connectivity index (χ1) is 12.7. The van der Waals surface area contributed by atoms with Gasteiger partial charge in [-0.05, 0) is 35.9 Å². The van der Waals surface area contributed by atoms with Crippen LogP contribution in [-0.2, 0) is 6.54 Å². The fraction of sp³-hybridized carbons (Fsp3) is 0.0500. The van der Waals surface area contributed by atoms with E-state index in [4.69, 9.17) is 11.6 Å². The van der Waals surface area contributed by atoms with Crippen LogP contribution in [0.5, 0.6) is 0 Å². The first kappa shape index (κ1) is 16.3. The van der Waals surface area contributed by atoms with E-state index in [2.05, 4.69) is 15.3 Å². The Balaban J connectivity index is 1.57. The summed E-state index contributed by atoms with van der Waals surface area (Å²) >= 11 is 6.27. The molecule has 4 rings (SSSR count). The van der Waals surface area contributed by atoms with Crippen LogP contribution in [0.2, 0.25) is 5.02 Å². The van der Waals surface area contributed by atoms with E-state index in [1.807, 2.05) is 65.2 Å². The molecule has 0 aliphatic rings. The van der Waals surface area contributed by atoms with Gasteiger partial charge in [-0.1, -0.05) is 35.9 Å². The normalized spacial score (nSPS) is 10.8. The van der Waals surface area contributed by atoms with Crippen LogP contribution in [0.3, 0.4) is 0 Å². The van der Waals surface area contributed by atoms with Gasteiger partial charge in [0.25, 0.3) is 5.91 Å². The van der Waals surface area contributed by atoms with Crippen molar-refractivity contribution in [3.63, 3.8) is 0 Å². The van der Waals surface area contributed by atoms with Gasteiger partial charge in [-0.15, -0.1) is 0 Å². The zero-order valence-electron chi connectivity index (χ0n) is 13.8. The predicted octanol–water partition coefficient (Wildman–Crippen LogP) is 3.98. The van der Waals surface area contributed by atoms with E-state index in [1.54, 1.807) is 12.4 Å². The maximum absolute atomic E-state index is 12.4. The molecule has 0 atom stereocenters. The van der Waals surface area contributed by atoms with Gasteiger partial charge in [0.05, 0.1) is 12.2 Å². The highest BCUT2D eigenvalue weighted by Gasteiger charge is 2.12. The summed E-state index contributed by atoms with van der Waals surface area (Å²) < 4.78 is 1.83.